The monoisotopic (exact) mass is 246 g/mol. The summed E-state index contributed by atoms with van der Waals surface area (Å²) in [5.41, 5.74) is 5.23. The minimum atomic E-state index is -0.823. The zero-order valence-electron chi connectivity index (χ0n) is 8.50. The SMILES string of the molecule is NC(=O)OCCNCc1cccc(Cl)c1F. The van der Waals surface area contributed by atoms with E-state index in [4.69, 9.17) is 17.3 Å². The highest BCUT2D eigenvalue weighted by atomic mass is 35.5. The molecule has 6 heteroatoms. The Balaban J connectivity index is 2.32. The first-order chi connectivity index (χ1) is 7.61. The van der Waals surface area contributed by atoms with Gasteiger partial charge in [0.1, 0.15) is 12.4 Å². The van der Waals surface area contributed by atoms with Crippen molar-refractivity contribution in [1.29, 1.82) is 0 Å². The molecule has 0 saturated heterocycles. The maximum atomic E-state index is 13.4. The molecule has 1 amide bonds. The van der Waals surface area contributed by atoms with Crippen molar-refractivity contribution >= 4 is 17.7 Å². The van der Waals surface area contributed by atoms with Gasteiger partial charge in [-0.25, -0.2) is 9.18 Å². The molecule has 1 rings (SSSR count). The second-order valence-electron chi connectivity index (χ2n) is 3.06. The van der Waals surface area contributed by atoms with Crippen molar-refractivity contribution in [1.82, 2.24) is 5.32 Å². The second kappa shape index (κ2) is 6.30. The molecule has 0 aliphatic carbocycles. The first-order valence-corrected chi connectivity index (χ1v) is 5.05. The van der Waals surface area contributed by atoms with E-state index in [0.29, 0.717) is 18.7 Å². The van der Waals surface area contributed by atoms with Gasteiger partial charge in [0.2, 0.25) is 0 Å². The Morgan fingerprint density at radius 3 is 3.00 bits per heavy atom. The van der Waals surface area contributed by atoms with E-state index >= 15 is 0 Å². The molecule has 1 aromatic rings. The van der Waals surface area contributed by atoms with E-state index in [1.165, 1.54) is 6.07 Å². The zero-order chi connectivity index (χ0) is 12.0. The van der Waals surface area contributed by atoms with Gasteiger partial charge in [-0.05, 0) is 6.07 Å². The van der Waals surface area contributed by atoms with Crippen LogP contribution >= 0.6 is 11.6 Å². The third-order valence-electron chi connectivity index (χ3n) is 1.87. The predicted octanol–water partition coefficient (Wildman–Crippen LogP) is 1.66. The first kappa shape index (κ1) is 12.7. The fraction of sp³-hybridized carbons (Fsp3) is 0.300. The fourth-order valence-electron chi connectivity index (χ4n) is 1.13. The van der Waals surface area contributed by atoms with Crippen molar-refractivity contribution in [2.45, 2.75) is 6.54 Å². The molecule has 0 aliphatic heterocycles. The van der Waals surface area contributed by atoms with Crippen molar-refractivity contribution in [2.75, 3.05) is 13.2 Å². The van der Waals surface area contributed by atoms with E-state index < -0.39 is 11.9 Å². The van der Waals surface area contributed by atoms with Crippen molar-refractivity contribution < 1.29 is 13.9 Å². The van der Waals surface area contributed by atoms with Crippen LogP contribution in [0.25, 0.3) is 0 Å². The van der Waals surface area contributed by atoms with E-state index in [0.717, 1.165) is 0 Å². The van der Waals surface area contributed by atoms with Crippen LogP contribution in [0.5, 0.6) is 0 Å². The summed E-state index contributed by atoms with van der Waals surface area (Å²) in [6, 6.07) is 4.78. The Bertz CT molecular complexity index is 374. The Morgan fingerprint density at radius 1 is 1.56 bits per heavy atom. The lowest BCUT2D eigenvalue weighted by Crippen LogP contribution is -2.23. The molecule has 0 unspecified atom stereocenters. The molecule has 1 aromatic carbocycles. The van der Waals surface area contributed by atoms with Gasteiger partial charge >= 0.3 is 6.09 Å². The summed E-state index contributed by atoms with van der Waals surface area (Å²) in [6.45, 7) is 0.862. The van der Waals surface area contributed by atoms with Gasteiger partial charge in [0.05, 0.1) is 5.02 Å². The number of benzene rings is 1. The molecule has 0 bridgehead atoms. The number of ether oxygens (including phenoxy) is 1. The number of carbonyl (C=O) groups excluding carboxylic acids is 1. The number of amides is 1. The van der Waals surface area contributed by atoms with Gasteiger partial charge < -0.3 is 15.8 Å². The first-order valence-electron chi connectivity index (χ1n) is 4.67. The fourth-order valence-corrected chi connectivity index (χ4v) is 1.33. The average molecular weight is 247 g/mol. The molecule has 0 saturated carbocycles. The van der Waals surface area contributed by atoms with Crippen LogP contribution in [-0.4, -0.2) is 19.2 Å². The largest absolute Gasteiger partial charge is 0.448 e. The number of nitrogens with two attached hydrogens (primary N) is 1. The topological polar surface area (TPSA) is 64.4 Å². The summed E-state index contributed by atoms with van der Waals surface area (Å²) in [4.78, 5) is 10.2. The molecule has 0 radical (unpaired) electrons. The van der Waals surface area contributed by atoms with Crippen molar-refractivity contribution in [3.63, 3.8) is 0 Å². The van der Waals surface area contributed by atoms with Crippen LogP contribution in [-0.2, 0) is 11.3 Å². The average Bonchev–Trinajstić information content (AvgIpc) is 2.23. The molecule has 0 aromatic heterocycles. The molecular formula is C10H12ClFN2O2. The van der Waals surface area contributed by atoms with Crippen LogP contribution in [0.2, 0.25) is 5.02 Å². The summed E-state index contributed by atoms with van der Waals surface area (Å²) in [7, 11) is 0. The van der Waals surface area contributed by atoms with E-state index in [1.54, 1.807) is 12.1 Å². The van der Waals surface area contributed by atoms with Gasteiger partial charge in [0.25, 0.3) is 0 Å². The lowest BCUT2D eigenvalue weighted by Gasteiger charge is -2.06. The van der Waals surface area contributed by atoms with E-state index in [-0.39, 0.29) is 11.6 Å². The number of nitrogens with one attached hydrogen (secondary N) is 1. The molecule has 0 atom stereocenters. The highest BCUT2D eigenvalue weighted by Crippen LogP contribution is 2.17. The second-order valence-corrected chi connectivity index (χ2v) is 3.46. The molecule has 88 valence electrons. The van der Waals surface area contributed by atoms with Gasteiger partial charge in [-0.2, -0.15) is 0 Å². The predicted molar refractivity (Wildman–Crippen MR) is 58.7 cm³/mol. The number of hydrogen-bond donors (Lipinski definition) is 2. The van der Waals surface area contributed by atoms with Crippen LogP contribution < -0.4 is 11.1 Å². The molecule has 0 fully saturated rings. The zero-order valence-corrected chi connectivity index (χ0v) is 9.26. The van der Waals surface area contributed by atoms with Crippen molar-refractivity contribution in [3.8, 4) is 0 Å². The molecule has 4 nitrogen and oxygen atoms in total. The maximum absolute atomic E-state index is 13.4. The van der Waals surface area contributed by atoms with E-state index in [9.17, 15) is 9.18 Å². The number of halogens is 2. The molecule has 0 heterocycles. The lowest BCUT2D eigenvalue weighted by atomic mass is 10.2. The van der Waals surface area contributed by atoms with Crippen LogP contribution in [0.4, 0.5) is 9.18 Å². The summed E-state index contributed by atoms with van der Waals surface area (Å²) in [5, 5.41) is 2.98. The van der Waals surface area contributed by atoms with Crippen LogP contribution in [0.1, 0.15) is 5.56 Å². The Morgan fingerprint density at radius 2 is 2.31 bits per heavy atom. The maximum Gasteiger partial charge on any atom is 0.404 e. The number of hydrogen-bond acceptors (Lipinski definition) is 3. The highest BCUT2D eigenvalue weighted by molar-refractivity contribution is 6.30. The third-order valence-corrected chi connectivity index (χ3v) is 2.16. The Labute approximate surface area is 97.5 Å². The van der Waals surface area contributed by atoms with Crippen molar-refractivity contribution in [3.05, 3.63) is 34.6 Å². The third kappa shape index (κ3) is 4.04. The van der Waals surface area contributed by atoms with Crippen LogP contribution in [0.15, 0.2) is 18.2 Å². The molecule has 0 spiro atoms. The highest BCUT2D eigenvalue weighted by Gasteiger charge is 2.05. The van der Waals surface area contributed by atoms with E-state index in [1.807, 2.05) is 0 Å². The Kier molecular flexibility index (Phi) is 5.01. The van der Waals surface area contributed by atoms with Gasteiger partial charge in [-0.15, -0.1) is 0 Å². The standard InChI is InChI=1S/C10H12ClFN2O2/c11-8-3-1-2-7(9(8)12)6-14-4-5-16-10(13)15/h1-3,14H,4-6H2,(H2,13,15). The lowest BCUT2D eigenvalue weighted by molar-refractivity contribution is 0.157. The number of carbonyl (C=O) groups is 1. The quantitative estimate of drug-likeness (QED) is 0.777. The van der Waals surface area contributed by atoms with Crippen LogP contribution in [0.3, 0.4) is 0 Å². The van der Waals surface area contributed by atoms with Crippen LogP contribution in [0, 0.1) is 5.82 Å². The molecular weight excluding hydrogens is 235 g/mol. The Hall–Kier alpha value is -1.33. The molecule has 16 heavy (non-hydrogen) atoms. The van der Waals surface area contributed by atoms with Gasteiger partial charge in [-0.3, -0.25) is 0 Å². The minimum Gasteiger partial charge on any atom is -0.448 e. The summed E-state index contributed by atoms with van der Waals surface area (Å²) < 4.78 is 17.9. The summed E-state index contributed by atoms with van der Waals surface area (Å²) in [6.07, 6.45) is -0.823. The molecule has 3 N–H and O–H groups in total. The van der Waals surface area contributed by atoms with Gasteiger partial charge in [-0.1, -0.05) is 23.7 Å². The van der Waals surface area contributed by atoms with Gasteiger partial charge in [0.15, 0.2) is 0 Å². The summed E-state index contributed by atoms with van der Waals surface area (Å²) in [5.74, 6) is -0.438. The summed E-state index contributed by atoms with van der Waals surface area (Å²) >= 11 is 5.61. The smallest absolute Gasteiger partial charge is 0.404 e. The minimum absolute atomic E-state index is 0.0904. The number of primary amides is 1. The van der Waals surface area contributed by atoms with E-state index in [2.05, 4.69) is 10.1 Å². The van der Waals surface area contributed by atoms with Crippen molar-refractivity contribution in [2.24, 2.45) is 5.73 Å². The molecule has 0 aliphatic rings. The normalized spacial score (nSPS) is 10.1. The number of rotatable bonds is 5. The van der Waals surface area contributed by atoms with Gasteiger partial charge in [0, 0.05) is 18.7 Å².